The summed E-state index contributed by atoms with van der Waals surface area (Å²) in [6, 6.07) is 16.9. The van der Waals surface area contributed by atoms with E-state index in [0.29, 0.717) is 29.4 Å². The van der Waals surface area contributed by atoms with Crippen molar-refractivity contribution in [1.82, 2.24) is 0 Å². The van der Waals surface area contributed by atoms with Gasteiger partial charge in [-0.25, -0.2) is 0 Å². The zero-order chi connectivity index (χ0) is 20.5. The second kappa shape index (κ2) is 10.5. The van der Waals surface area contributed by atoms with Crippen LogP contribution in [0, 0.1) is 17.2 Å². The maximum absolute atomic E-state index is 12.1. The van der Waals surface area contributed by atoms with Crippen LogP contribution in [-0.4, -0.2) is 13.1 Å². The van der Waals surface area contributed by atoms with Gasteiger partial charge in [0.15, 0.2) is 0 Å². The molecule has 0 atom stereocenters. The fourth-order valence-electron chi connectivity index (χ4n) is 3.82. The number of para-hydroxylation sites is 1. The number of hydrogen-bond donors (Lipinski definition) is 0. The summed E-state index contributed by atoms with van der Waals surface area (Å²) in [6.45, 7) is 0. The Labute approximate surface area is 172 Å². The minimum atomic E-state index is -0.175. The quantitative estimate of drug-likeness (QED) is 0.251. The van der Waals surface area contributed by atoms with Crippen LogP contribution in [0.25, 0.3) is 11.6 Å². The van der Waals surface area contributed by atoms with Crippen LogP contribution in [0.1, 0.15) is 56.1 Å². The average molecular weight is 389 g/mol. The first-order valence-corrected chi connectivity index (χ1v) is 10.3. The molecule has 4 heteroatoms. The first-order chi connectivity index (χ1) is 14.2. The average Bonchev–Trinajstić information content (AvgIpc) is 2.78. The largest absolute Gasteiger partial charge is 0.496 e. The molecule has 0 saturated heterocycles. The lowest BCUT2D eigenvalue weighted by Crippen LogP contribution is -2.12. The van der Waals surface area contributed by atoms with Gasteiger partial charge in [0.25, 0.3) is 0 Å². The van der Waals surface area contributed by atoms with Gasteiger partial charge in [0, 0.05) is 12.0 Å². The topological polar surface area (TPSA) is 59.3 Å². The molecule has 0 N–H and O–H groups in total. The van der Waals surface area contributed by atoms with Crippen molar-refractivity contribution in [2.45, 2.75) is 44.9 Å². The zero-order valence-electron chi connectivity index (χ0n) is 16.9. The highest BCUT2D eigenvalue weighted by Crippen LogP contribution is 2.29. The highest BCUT2D eigenvalue weighted by molar-refractivity contribution is 5.91. The van der Waals surface area contributed by atoms with Gasteiger partial charge < -0.3 is 9.47 Å². The number of benzene rings is 2. The normalized spacial score (nSPS) is 14.8. The van der Waals surface area contributed by atoms with E-state index in [1.54, 1.807) is 25.3 Å². The number of rotatable bonds is 7. The summed E-state index contributed by atoms with van der Waals surface area (Å²) in [5.41, 5.74) is 2.12. The van der Waals surface area contributed by atoms with Crippen molar-refractivity contribution >= 4 is 17.6 Å². The van der Waals surface area contributed by atoms with E-state index in [1.165, 1.54) is 32.1 Å². The standard InChI is InChI=1S/C25H27NO3/c1-28-24-10-6-5-9-23(24)21(18-26)17-20-11-14-22(15-12-20)29-25(27)16-13-19-7-3-2-4-8-19/h5-6,9-12,14-15,17,19H,2-4,7-8,13,16H2,1H3/b21-17-. The monoisotopic (exact) mass is 389 g/mol. The van der Waals surface area contributed by atoms with Crippen molar-refractivity contribution in [1.29, 1.82) is 5.26 Å². The van der Waals surface area contributed by atoms with E-state index in [0.717, 1.165) is 17.5 Å². The highest BCUT2D eigenvalue weighted by atomic mass is 16.5. The van der Waals surface area contributed by atoms with Crippen LogP contribution in [0.2, 0.25) is 0 Å². The summed E-state index contributed by atoms with van der Waals surface area (Å²) in [7, 11) is 1.59. The molecule has 2 aromatic rings. The van der Waals surface area contributed by atoms with Gasteiger partial charge in [0.1, 0.15) is 11.5 Å². The van der Waals surface area contributed by atoms with Gasteiger partial charge in [-0.3, -0.25) is 4.79 Å². The van der Waals surface area contributed by atoms with Crippen molar-refractivity contribution in [3.63, 3.8) is 0 Å². The molecule has 0 aromatic heterocycles. The van der Waals surface area contributed by atoms with Crippen molar-refractivity contribution < 1.29 is 14.3 Å². The molecule has 0 heterocycles. The van der Waals surface area contributed by atoms with E-state index in [4.69, 9.17) is 9.47 Å². The summed E-state index contributed by atoms with van der Waals surface area (Å²) in [5, 5.41) is 9.56. The molecule has 1 aliphatic rings. The molecule has 0 aliphatic heterocycles. The van der Waals surface area contributed by atoms with Gasteiger partial charge in [-0.1, -0.05) is 56.4 Å². The summed E-state index contributed by atoms with van der Waals surface area (Å²) >= 11 is 0. The Morgan fingerprint density at radius 3 is 2.52 bits per heavy atom. The lowest BCUT2D eigenvalue weighted by Gasteiger charge is -2.20. The molecular formula is C25H27NO3. The zero-order valence-corrected chi connectivity index (χ0v) is 16.9. The third-order valence-electron chi connectivity index (χ3n) is 5.42. The molecule has 1 saturated carbocycles. The minimum absolute atomic E-state index is 0.175. The molecule has 1 aliphatic carbocycles. The first kappa shape index (κ1) is 20.7. The summed E-state index contributed by atoms with van der Waals surface area (Å²) < 4.78 is 10.8. The van der Waals surface area contributed by atoms with Crippen LogP contribution < -0.4 is 9.47 Å². The van der Waals surface area contributed by atoms with Crippen molar-refractivity contribution in [3.8, 4) is 17.6 Å². The van der Waals surface area contributed by atoms with Gasteiger partial charge in [0.05, 0.1) is 18.8 Å². The number of carbonyl (C=O) groups is 1. The molecule has 0 radical (unpaired) electrons. The number of carbonyl (C=O) groups excluding carboxylic acids is 1. The fourth-order valence-corrected chi connectivity index (χ4v) is 3.82. The lowest BCUT2D eigenvalue weighted by atomic mass is 9.86. The predicted octanol–water partition coefficient (Wildman–Crippen LogP) is 6.03. The molecule has 0 unspecified atom stereocenters. The third kappa shape index (κ3) is 5.96. The van der Waals surface area contributed by atoms with Crippen LogP contribution in [0.4, 0.5) is 0 Å². The number of ether oxygens (including phenoxy) is 2. The smallest absolute Gasteiger partial charge is 0.311 e. The minimum Gasteiger partial charge on any atom is -0.496 e. The van der Waals surface area contributed by atoms with E-state index in [-0.39, 0.29) is 5.97 Å². The van der Waals surface area contributed by atoms with Crippen LogP contribution in [-0.2, 0) is 4.79 Å². The number of allylic oxidation sites excluding steroid dienone is 1. The van der Waals surface area contributed by atoms with Gasteiger partial charge in [-0.05, 0) is 48.2 Å². The molecule has 4 nitrogen and oxygen atoms in total. The Kier molecular flexibility index (Phi) is 7.47. The maximum Gasteiger partial charge on any atom is 0.311 e. The van der Waals surface area contributed by atoms with Gasteiger partial charge in [-0.2, -0.15) is 5.26 Å². The molecule has 150 valence electrons. The number of esters is 1. The van der Waals surface area contributed by atoms with Crippen LogP contribution in [0.5, 0.6) is 11.5 Å². The van der Waals surface area contributed by atoms with E-state index < -0.39 is 0 Å². The van der Waals surface area contributed by atoms with E-state index >= 15 is 0 Å². The Bertz CT molecular complexity index is 887. The molecule has 0 spiro atoms. The Morgan fingerprint density at radius 2 is 1.83 bits per heavy atom. The van der Waals surface area contributed by atoms with E-state index in [1.807, 2.05) is 36.4 Å². The SMILES string of the molecule is COc1ccccc1/C(C#N)=C\c1ccc(OC(=O)CCC2CCCCC2)cc1. The summed E-state index contributed by atoms with van der Waals surface area (Å²) in [5.74, 6) is 1.68. The van der Waals surface area contributed by atoms with Crippen molar-refractivity contribution in [2.75, 3.05) is 7.11 Å². The number of hydrogen-bond acceptors (Lipinski definition) is 4. The van der Waals surface area contributed by atoms with E-state index in [2.05, 4.69) is 6.07 Å². The number of methoxy groups -OCH3 is 1. The third-order valence-corrected chi connectivity index (χ3v) is 5.42. The molecule has 29 heavy (non-hydrogen) atoms. The number of nitrogens with zero attached hydrogens (tertiary/aromatic N) is 1. The van der Waals surface area contributed by atoms with Gasteiger partial charge >= 0.3 is 5.97 Å². The second-order valence-corrected chi connectivity index (χ2v) is 7.46. The highest BCUT2D eigenvalue weighted by Gasteiger charge is 2.15. The van der Waals surface area contributed by atoms with Crippen LogP contribution in [0.3, 0.4) is 0 Å². The Morgan fingerprint density at radius 1 is 1.10 bits per heavy atom. The summed E-state index contributed by atoms with van der Waals surface area (Å²) in [4.78, 5) is 12.1. The van der Waals surface area contributed by atoms with Crippen molar-refractivity contribution in [3.05, 3.63) is 59.7 Å². The summed E-state index contributed by atoms with van der Waals surface area (Å²) in [6.07, 6.45) is 9.56. The van der Waals surface area contributed by atoms with Crippen molar-refractivity contribution in [2.24, 2.45) is 5.92 Å². The molecule has 2 aromatic carbocycles. The molecule has 3 rings (SSSR count). The first-order valence-electron chi connectivity index (χ1n) is 10.3. The molecule has 0 bridgehead atoms. The second-order valence-electron chi connectivity index (χ2n) is 7.46. The van der Waals surface area contributed by atoms with Crippen LogP contribution in [0.15, 0.2) is 48.5 Å². The predicted molar refractivity (Wildman–Crippen MR) is 114 cm³/mol. The number of nitriles is 1. The molecule has 1 fully saturated rings. The van der Waals surface area contributed by atoms with Gasteiger partial charge in [-0.15, -0.1) is 0 Å². The fraction of sp³-hybridized carbons (Fsp3) is 0.360. The Balaban J connectivity index is 1.61. The van der Waals surface area contributed by atoms with Gasteiger partial charge in [0.2, 0.25) is 0 Å². The molecular weight excluding hydrogens is 362 g/mol. The Hall–Kier alpha value is -3.06. The van der Waals surface area contributed by atoms with E-state index in [9.17, 15) is 10.1 Å². The lowest BCUT2D eigenvalue weighted by molar-refractivity contribution is -0.134. The molecule has 0 amide bonds. The maximum atomic E-state index is 12.1. The van der Waals surface area contributed by atoms with Crippen LogP contribution >= 0.6 is 0 Å².